The first-order valence-electron chi connectivity index (χ1n) is 3.31. The van der Waals surface area contributed by atoms with E-state index in [0.717, 1.165) is 11.3 Å². The summed E-state index contributed by atoms with van der Waals surface area (Å²) in [7, 11) is 0. The van der Waals surface area contributed by atoms with Crippen LogP contribution in [0.1, 0.15) is 5.56 Å². The first kappa shape index (κ1) is 8.00. The molecule has 0 aromatic heterocycles. The zero-order valence-electron chi connectivity index (χ0n) is 6.04. The van der Waals surface area contributed by atoms with Gasteiger partial charge in [-0.3, -0.25) is 10.6 Å². The molecular weight excluding hydrogens is 142 g/mol. The summed E-state index contributed by atoms with van der Waals surface area (Å²) in [5.74, 6) is 0. The molecule has 0 radical (unpaired) electrons. The molecular formula is C7H11N3O. The lowest BCUT2D eigenvalue weighted by Crippen LogP contribution is -2.15. The maximum absolute atomic E-state index is 8.26. The predicted molar refractivity (Wildman–Crippen MR) is 42.9 cm³/mol. The third-order valence-electron chi connectivity index (χ3n) is 1.39. The van der Waals surface area contributed by atoms with Crippen molar-refractivity contribution in [3.63, 3.8) is 0 Å². The fraction of sp³-hybridized carbons (Fsp3) is 0.143. The Labute approximate surface area is 65.0 Å². The molecule has 11 heavy (non-hydrogen) atoms. The van der Waals surface area contributed by atoms with Crippen molar-refractivity contribution in [1.29, 1.82) is 0 Å². The number of hydrazine groups is 1. The van der Waals surface area contributed by atoms with Crippen LogP contribution < -0.4 is 16.7 Å². The molecule has 4 nitrogen and oxygen atoms in total. The molecule has 1 rings (SSSR count). The van der Waals surface area contributed by atoms with Crippen LogP contribution in [0, 0.1) is 0 Å². The largest absolute Gasteiger partial charge is 0.326 e. The number of anilines is 1. The fourth-order valence-corrected chi connectivity index (χ4v) is 0.789. The first-order chi connectivity index (χ1) is 5.36. The summed E-state index contributed by atoms with van der Waals surface area (Å²) < 4.78 is 0. The number of nitrogens with one attached hydrogen (secondary N) is 2. The molecule has 0 aliphatic rings. The summed E-state index contributed by atoms with van der Waals surface area (Å²) in [5, 5.41) is 8.26. The second-order valence-corrected chi connectivity index (χ2v) is 2.14. The topological polar surface area (TPSA) is 70.3 Å². The number of nitrogens with two attached hydrogens (primary N) is 1. The molecule has 0 heterocycles. The highest BCUT2D eigenvalue weighted by Crippen LogP contribution is 2.06. The van der Waals surface area contributed by atoms with E-state index in [1.54, 1.807) is 0 Å². The van der Waals surface area contributed by atoms with Gasteiger partial charge in [0.05, 0.1) is 5.69 Å². The SMILES string of the molecule is NCc1ccc(NNO)cc1. The van der Waals surface area contributed by atoms with Crippen molar-refractivity contribution in [2.45, 2.75) is 6.54 Å². The first-order valence-corrected chi connectivity index (χ1v) is 3.31. The zero-order chi connectivity index (χ0) is 8.10. The smallest absolute Gasteiger partial charge is 0.0509 e. The second-order valence-electron chi connectivity index (χ2n) is 2.14. The van der Waals surface area contributed by atoms with Gasteiger partial charge in [-0.2, -0.15) is 0 Å². The van der Waals surface area contributed by atoms with Gasteiger partial charge in [-0.05, 0) is 17.7 Å². The van der Waals surface area contributed by atoms with E-state index in [0.29, 0.717) is 6.54 Å². The van der Waals surface area contributed by atoms with Crippen LogP contribution in [0.4, 0.5) is 5.69 Å². The number of hydrogen-bond donors (Lipinski definition) is 4. The summed E-state index contributed by atoms with van der Waals surface area (Å²) in [6, 6.07) is 7.43. The summed E-state index contributed by atoms with van der Waals surface area (Å²) in [6.45, 7) is 0.535. The van der Waals surface area contributed by atoms with Crippen molar-refractivity contribution < 1.29 is 5.21 Å². The van der Waals surface area contributed by atoms with E-state index >= 15 is 0 Å². The molecule has 4 heteroatoms. The van der Waals surface area contributed by atoms with Crippen molar-refractivity contribution in [2.75, 3.05) is 5.43 Å². The highest BCUT2D eigenvalue weighted by molar-refractivity contribution is 5.43. The molecule has 0 unspecified atom stereocenters. The molecule has 0 spiro atoms. The Bertz CT molecular complexity index is 209. The third-order valence-corrected chi connectivity index (χ3v) is 1.39. The van der Waals surface area contributed by atoms with E-state index in [1.807, 2.05) is 29.9 Å². The molecule has 1 aromatic carbocycles. The van der Waals surface area contributed by atoms with Gasteiger partial charge in [0.2, 0.25) is 0 Å². The van der Waals surface area contributed by atoms with Gasteiger partial charge in [0, 0.05) is 6.54 Å². The lowest BCUT2D eigenvalue weighted by Gasteiger charge is -2.02. The molecule has 1 aromatic rings. The Hall–Kier alpha value is -1.10. The van der Waals surface area contributed by atoms with E-state index in [2.05, 4.69) is 5.43 Å². The van der Waals surface area contributed by atoms with Crippen LogP contribution in [0.25, 0.3) is 0 Å². The molecule has 0 amide bonds. The molecule has 0 aliphatic carbocycles. The van der Waals surface area contributed by atoms with Gasteiger partial charge in [-0.1, -0.05) is 12.1 Å². The van der Waals surface area contributed by atoms with Crippen molar-refractivity contribution in [2.24, 2.45) is 5.73 Å². The van der Waals surface area contributed by atoms with Crippen LogP contribution in [0.3, 0.4) is 0 Å². The molecule has 60 valence electrons. The minimum absolute atomic E-state index is 0.535. The van der Waals surface area contributed by atoms with Gasteiger partial charge in [-0.25, -0.2) is 0 Å². The van der Waals surface area contributed by atoms with E-state index in [-0.39, 0.29) is 0 Å². The highest BCUT2D eigenvalue weighted by Gasteiger charge is 1.89. The van der Waals surface area contributed by atoms with Crippen LogP contribution >= 0.6 is 0 Å². The van der Waals surface area contributed by atoms with Gasteiger partial charge < -0.3 is 5.73 Å². The lowest BCUT2D eigenvalue weighted by molar-refractivity contribution is 0.193. The maximum Gasteiger partial charge on any atom is 0.0509 e. The number of rotatable bonds is 3. The van der Waals surface area contributed by atoms with Gasteiger partial charge in [0.1, 0.15) is 0 Å². The Balaban J connectivity index is 2.66. The third kappa shape index (κ3) is 2.19. The van der Waals surface area contributed by atoms with Crippen LogP contribution in [0.2, 0.25) is 0 Å². The van der Waals surface area contributed by atoms with Gasteiger partial charge in [0.25, 0.3) is 0 Å². The molecule has 0 aliphatic heterocycles. The maximum atomic E-state index is 8.26. The standard InChI is InChI=1S/C7H11N3O/c8-5-6-1-3-7(4-2-6)9-10-11/h1-4,9-11H,5,8H2. The second kappa shape index (κ2) is 3.92. The zero-order valence-corrected chi connectivity index (χ0v) is 6.04. The van der Waals surface area contributed by atoms with Crippen molar-refractivity contribution >= 4 is 5.69 Å². The summed E-state index contributed by atoms with van der Waals surface area (Å²) in [5.41, 5.74) is 11.6. The molecule has 0 bridgehead atoms. The highest BCUT2D eigenvalue weighted by atomic mass is 16.5. The number of benzene rings is 1. The van der Waals surface area contributed by atoms with E-state index in [9.17, 15) is 0 Å². The minimum Gasteiger partial charge on any atom is -0.326 e. The Morgan fingerprint density at radius 3 is 2.36 bits per heavy atom. The van der Waals surface area contributed by atoms with Crippen molar-refractivity contribution in [3.8, 4) is 0 Å². The quantitative estimate of drug-likeness (QED) is 0.476. The van der Waals surface area contributed by atoms with Crippen molar-refractivity contribution in [1.82, 2.24) is 5.59 Å². The Kier molecular flexibility index (Phi) is 2.85. The average molecular weight is 153 g/mol. The monoisotopic (exact) mass is 153 g/mol. The van der Waals surface area contributed by atoms with E-state index in [4.69, 9.17) is 10.9 Å². The van der Waals surface area contributed by atoms with Gasteiger partial charge in [-0.15, -0.1) is 5.59 Å². The summed E-state index contributed by atoms with van der Waals surface area (Å²) in [6.07, 6.45) is 0. The Morgan fingerprint density at radius 1 is 1.27 bits per heavy atom. The van der Waals surface area contributed by atoms with Crippen molar-refractivity contribution in [3.05, 3.63) is 29.8 Å². The van der Waals surface area contributed by atoms with Crippen LogP contribution in [-0.2, 0) is 6.54 Å². The van der Waals surface area contributed by atoms with Crippen LogP contribution in [0.5, 0.6) is 0 Å². The number of hydrogen-bond acceptors (Lipinski definition) is 4. The van der Waals surface area contributed by atoms with E-state index < -0.39 is 0 Å². The van der Waals surface area contributed by atoms with Crippen LogP contribution in [-0.4, -0.2) is 5.21 Å². The summed E-state index contributed by atoms with van der Waals surface area (Å²) in [4.78, 5) is 0. The Morgan fingerprint density at radius 2 is 1.91 bits per heavy atom. The van der Waals surface area contributed by atoms with Crippen LogP contribution in [0.15, 0.2) is 24.3 Å². The molecule has 0 atom stereocenters. The summed E-state index contributed by atoms with van der Waals surface area (Å²) >= 11 is 0. The molecule has 0 saturated carbocycles. The van der Waals surface area contributed by atoms with E-state index in [1.165, 1.54) is 0 Å². The fourth-order valence-electron chi connectivity index (χ4n) is 0.789. The normalized spacial score (nSPS) is 9.64. The van der Waals surface area contributed by atoms with Gasteiger partial charge in [0.15, 0.2) is 0 Å². The average Bonchev–Trinajstić information content (AvgIpc) is 2.07. The lowest BCUT2D eigenvalue weighted by atomic mass is 10.2. The molecule has 5 N–H and O–H groups in total. The minimum atomic E-state index is 0.535. The molecule has 0 saturated heterocycles. The predicted octanol–water partition coefficient (Wildman–Crippen LogP) is 0.451. The molecule has 0 fully saturated rings. The van der Waals surface area contributed by atoms with Gasteiger partial charge >= 0.3 is 0 Å².